The van der Waals surface area contributed by atoms with Gasteiger partial charge in [-0.2, -0.15) is 0 Å². The number of aromatic nitrogens is 2. The fourth-order valence-corrected chi connectivity index (χ4v) is 7.02. The molecular formula is C25H28N4O3S2. The topological polar surface area (TPSA) is 75.5 Å². The quantitative estimate of drug-likeness (QED) is 0.407. The molecule has 1 aromatic carbocycles. The van der Waals surface area contributed by atoms with Crippen molar-refractivity contribution in [2.24, 2.45) is 5.92 Å². The molecule has 4 heterocycles. The van der Waals surface area contributed by atoms with E-state index < -0.39 is 0 Å². The molecule has 0 radical (unpaired) electrons. The highest BCUT2D eigenvalue weighted by Crippen LogP contribution is 2.34. The van der Waals surface area contributed by atoms with Crippen LogP contribution in [0.4, 0.5) is 0 Å². The lowest BCUT2D eigenvalue weighted by molar-refractivity contribution is -0.130. The van der Waals surface area contributed by atoms with E-state index in [1.807, 2.05) is 35.2 Å². The van der Waals surface area contributed by atoms with Crippen molar-refractivity contribution in [3.63, 3.8) is 0 Å². The average Bonchev–Trinajstić information content (AvgIpc) is 3.21. The lowest BCUT2D eigenvalue weighted by Crippen LogP contribution is -2.40. The summed E-state index contributed by atoms with van der Waals surface area (Å²) in [4.78, 5) is 49.0. The summed E-state index contributed by atoms with van der Waals surface area (Å²) >= 11 is 2.82. The third-order valence-electron chi connectivity index (χ3n) is 6.64. The van der Waals surface area contributed by atoms with E-state index in [9.17, 15) is 14.4 Å². The van der Waals surface area contributed by atoms with Crippen LogP contribution in [0.1, 0.15) is 37.1 Å². The van der Waals surface area contributed by atoms with Gasteiger partial charge in [-0.3, -0.25) is 19.0 Å². The summed E-state index contributed by atoms with van der Waals surface area (Å²) in [5, 5.41) is 1.18. The van der Waals surface area contributed by atoms with Gasteiger partial charge >= 0.3 is 0 Å². The Kier molecular flexibility index (Phi) is 6.48. The molecule has 1 unspecified atom stereocenters. The molecule has 2 aliphatic rings. The van der Waals surface area contributed by atoms with Crippen LogP contribution in [0.3, 0.4) is 0 Å². The third-order valence-corrected chi connectivity index (χ3v) is 8.67. The number of thiophene rings is 1. The Morgan fingerprint density at radius 3 is 2.71 bits per heavy atom. The number of para-hydroxylation sites is 1. The zero-order chi connectivity index (χ0) is 23.8. The van der Waals surface area contributed by atoms with E-state index in [0.717, 1.165) is 42.1 Å². The largest absolute Gasteiger partial charge is 0.342 e. The van der Waals surface area contributed by atoms with Crippen molar-refractivity contribution >= 4 is 45.1 Å². The standard InChI is InChI=1S/C25H28N4O3S2/c1-16-7-6-11-28(13-16)21(31)15-33-25-26-23-22(24(32)29(25)18-8-4-3-5-9-18)19-10-12-27(17(2)30)14-20(19)34-23/h3-5,8-9,16H,6-7,10-15H2,1-2H3. The molecule has 9 heteroatoms. The summed E-state index contributed by atoms with van der Waals surface area (Å²) in [5.74, 6) is 0.903. The number of hydrogen-bond donors (Lipinski definition) is 0. The minimum atomic E-state index is -0.105. The van der Waals surface area contributed by atoms with Gasteiger partial charge in [0.1, 0.15) is 4.83 Å². The number of likely N-dealkylation sites (tertiary alicyclic amines) is 1. The number of amides is 2. The van der Waals surface area contributed by atoms with Gasteiger partial charge in [-0.25, -0.2) is 4.98 Å². The van der Waals surface area contributed by atoms with Crippen LogP contribution in [0, 0.1) is 5.92 Å². The monoisotopic (exact) mass is 496 g/mol. The van der Waals surface area contributed by atoms with Crippen molar-refractivity contribution in [1.82, 2.24) is 19.4 Å². The number of nitrogens with zero attached hydrogens (tertiary/aromatic N) is 4. The minimum absolute atomic E-state index is 0.0412. The Hall–Kier alpha value is -2.65. The lowest BCUT2D eigenvalue weighted by atomic mass is 10.0. The first-order valence-corrected chi connectivity index (χ1v) is 13.5. The number of thioether (sulfide) groups is 1. The van der Waals surface area contributed by atoms with Crippen molar-refractivity contribution in [3.8, 4) is 5.69 Å². The van der Waals surface area contributed by atoms with E-state index in [2.05, 4.69) is 6.92 Å². The molecule has 3 aromatic rings. The fourth-order valence-electron chi connectivity index (χ4n) is 4.83. The van der Waals surface area contributed by atoms with Crippen LogP contribution < -0.4 is 5.56 Å². The number of piperidine rings is 1. The Bertz CT molecular complexity index is 1300. The smallest absolute Gasteiger partial charge is 0.267 e. The molecule has 1 saturated heterocycles. The molecule has 0 bridgehead atoms. The first-order valence-electron chi connectivity index (χ1n) is 11.7. The van der Waals surface area contributed by atoms with Crippen molar-refractivity contribution in [1.29, 1.82) is 0 Å². The van der Waals surface area contributed by atoms with Gasteiger partial charge in [0.05, 0.1) is 23.4 Å². The van der Waals surface area contributed by atoms with Crippen molar-refractivity contribution in [2.75, 3.05) is 25.4 Å². The Balaban J connectivity index is 1.53. The second-order valence-corrected chi connectivity index (χ2v) is 11.1. The van der Waals surface area contributed by atoms with E-state index in [4.69, 9.17) is 4.98 Å². The maximum absolute atomic E-state index is 13.8. The van der Waals surface area contributed by atoms with Crippen molar-refractivity contribution < 1.29 is 9.59 Å². The molecule has 0 saturated carbocycles. The van der Waals surface area contributed by atoms with Gasteiger partial charge in [-0.15, -0.1) is 11.3 Å². The summed E-state index contributed by atoms with van der Waals surface area (Å²) < 4.78 is 1.64. The molecule has 5 rings (SSSR count). The van der Waals surface area contributed by atoms with E-state index >= 15 is 0 Å². The van der Waals surface area contributed by atoms with Gasteiger partial charge in [-0.05, 0) is 42.9 Å². The maximum Gasteiger partial charge on any atom is 0.267 e. The zero-order valence-corrected chi connectivity index (χ0v) is 21.1. The van der Waals surface area contributed by atoms with Crippen molar-refractivity contribution in [2.45, 2.75) is 44.8 Å². The molecule has 0 aliphatic carbocycles. The van der Waals surface area contributed by atoms with Crippen LogP contribution in [-0.4, -0.2) is 56.6 Å². The zero-order valence-electron chi connectivity index (χ0n) is 19.5. The Labute approximate surface area is 206 Å². The number of carbonyl (C=O) groups is 2. The average molecular weight is 497 g/mol. The van der Waals surface area contributed by atoms with Crippen LogP contribution in [0.25, 0.3) is 15.9 Å². The van der Waals surface area contributed by atoms with Crippen LogP contribution in [-0.2, 0) is 22.6 Å². The first-order chi connectivity index (χ1) is 16.4. The second kappa shape index (κ2) is 9.54. The summed E-state index contributed by atoms with van der Waals surface area (Å²) in [6, 6.07) is 9.49. The molecule has 2 aromatic heterocycles. The number of fused-ring (bicyclic) bond motifs is 3. The normalized spacial score (nSPS) is 18.2. The molecule has 1 atom stereocenters. The highest BCUT2D eigenvalue weighted by atomic mass is 32.2. The maximum atomic E-state index is 13.8. The van der Waals surface area contributed by atoms with Gasteiger partial charge in [-0.1, -0.05) is 36.9 Å². The molecule has 34 heavy (non-hydrogen) atoms. The van der Waals surface area contributed by atoms with Crippen LogP contribution >= 0.6 is 23.1 Å². The molecule has 7 nitrogen and oxygen atoms in total. The van der Waals surface area contributed by atoms with Gasteiger partial charge in [0, 0.05) is 31.4 Å². The SMILES string of the molecule is CC(=O)N1CCc2c(sc3nc(SCC(=O)N4CCCC(C)C4)n(-c4ccccc4)c(=O)c23)C1. The Morgan fingerprint density at radius 1 is 1.18 bits per heavy atom. The van der Waals surface area contributed by atoms with Gasteiger partial charge in [0.25, 0.3) is 5.56 Å². The van der Waals surface area contributed by atoms with Gasteiger partial charge in [0.15, 0.2) is 5.16 Å². The molecular weight excluding hydrogens is 468 g/mol. The van der Waals surface area contributed by atoms with Gasteiger partial charge < -0.3 is 9.80 Å². The lowest BCUT2D eigenvalue weighted by Gasteiger charge is -2.30. The van der Waals surface area contributed by atoms with Crippen molar-refractivity contribution in [3.05, 3.63) is 51.1 Å². The molecule has 178 valence electrons. The van der Waals surface area contributed by atoms with Gasteiger partial charge in [0.2, 0.25) is 11.8 Å². The number of rotatable bonds is 4. The summed E-state index contributed by atoms with van der Waals surface area (Å²) in [7, 11) is 0. The van der Waals surface area contributed by atoms with Crippen LogP contribution in [0.15, 0.2) is 40.3 Å². The van der Waals surface area contributed by atoms with E-state index in [0.29, 0.717) is 40.8 Å². The molecule has 0 spiro atoms. The number of benzene rings is 1. The van der Waals surface area contributed by atoms with Crippen LogP contribution in [0.5, 0.6) is 0 Å². The fraction of sp³-hybridized carbons (Fsp3) is 0.440. The van der Waals surface area contributed by atoms with E-state index in [1.54, 1.807) is 16.4 Å². The first kappa shape index (κ1) is 23.1. The highest BCUT2D eigenvalue weighted by Gasteiger charge is 2.27. The van der Waals surface area contributed by atoms with E-state index in [1.165, 1.54) is 23.1 Å². The molecule has 0 N–H and O–H groups in total. The highest BCUT2D eigenvalue weighted by molar-refractivity contribution is 7.99. The summed E-state index contributed by atoms with van der Waals surface area (Å²) in [5.41, 5.74) is 1.64. The van der Waals surface area contributed by atoms with Crippen LogP contribution in [0.2, 0.25) is 0 Å². The Morgan fingerprint density at radius 2 is 1.97 bits per heavy atom. The molecule has 1 fully saturated rings. The molecule has 2 amide bonds. The second-order valence-electron chi connectivity index (χ2n) is 9.12. The predicted octanol–water partition coefficient (Wildman–Crippen LogP) is 3.70. The molecule has 2 aliphatic heterocycles. The minimum Gasteiger partial charge on any atom is -0.342 e. The number of carbonyl (C=O) groups excluding carboxylic acids is 2. The third kappa shape index (κ3) is 4.38. The number of hydrogen-bond acceptors (Lipinski definition) is 6. The van der Waals surface area contributed by atoms with E-state index in [-0.39, 0.29) is 23.1 Å². The summed E-state index contributed by atoms with van der Waals surface area (Å²) in [6.07, 6.45) is 2.85. The summed E-state index contributed by atoms with van der Waals surface area (Å²) in [6.45, 7) is 6.48. The predicted molar refractivity (Wildman–Crippen MR) is 136 cm³/mol.